The summed E-state index contributed by atoms with van der Waals surface area (Å²) in [6.07, 6.45) is 0. The van der Waals surface area contributed by atoms with Crippen molar-refractivity contribution in [3.8, 4) is 202 Å². The number of rotatable bonds is 19. The molecule has 0 atom stereocenters. The van der Waals surface area contributed by atoms with Gasteiger partial charge in [0.2, 0.25) is 0 Å². The first-order chi connectivity index (χ1) is 66.4. The summed E-state index contributed by atoms with van der Waals surface area (Å²) in [5.74, 6) is 3.50. The molecular formula is C126H82N8. The van der Waals surface area contributed by atoms with Gasteiger partial charge in [0, 0.05) is 66.3 Å². The van der Waals surface area contributed by atoms with Gasteiger partial charge >= 0.3 is 0 Å². The molecular weight excluding hydrogens is 1630 g/mol. The van der Waals surface area contributed by atoms with Crippen molar-refractivity contribution in [3.63, 3.8) is 0 Å². The van der Waals surface area contributed by atoms with Crippen molar-refractivity contribution >= 4 is 43.6 Å². The van der Waals surface area contributed by atoms with E-state index in [1.165, 1.54) is 0 Å². The van der Waals surface area contributed by atoms with Gasteiger partial charge in [0.15, 0.2) is 34.9 Å². The summed E-state index contributed by atoms with van der Waals surface area (Å²) >= 11 is 0. The zero-order valence-corrected chi connectivity index (χ0v) is 72.9. The number of nitrogens with zero attached hydrogens (tertiary/aromatic N) is 8. The van der Waals surface area contributed by atoms with Crippen LogP contribution in [-0.2, 0) is 0 Å². The van der Waals surface area contributed by atoms with Crippen molar-refractivity contribution in [2.75, 3.05) is 0 Å². The van der Waals surface area contributed by atoms with E-state index in [0.717, 1.165) is 211 Å². The second kappa shape index (κ2) is 34.6. The van der Waals surface area contributed by atoms with Crippen LogP contribution in [-0.4, -0.2) is 39.0 Å². The van der Waals surface area contributed by atoms with E-state index in [9.17, 15) is 0 Å². The molecule has 626 valence electrons. The molecule has 0 aliphatic rings. The quantitative estimate of drug-likeness (QED) is 0.0802. The number of fused-ring (bicyclic) bond motifs is 6. The number of hydrogen-bond donors (Lipinski definition) is 0. The van der Waals surface area contributed by atoms with Crippen molar-refractivity contribution in [2.24, 2.45) is 0 Å². The second-order valence-corrected chi connectivity index (χ2v) is 34.1. The van der Waals surface area contributed by atoms with Gasteiger partial charge in [0.25, 0.3) is 0 Å². The molecule has 0 saturated carbocycles. The lowest BCUT2D eigenvalue weighted by atomic mass is 9.93. The number of hydrogen-bond acceptors (Lipinski definition) is 6. The van der Waals surface area contributed by atoms with Crippen LogP contribution >= 0.6 is 0 Å². The van der Waals surface area contributed by atoms with Crippen LogP contribution in [0.2, 0.25) is 0 Å². The molecule has 0 unspecified atom stereocenters. The van der Waals surface area contributed by atoms with E-state index in [1.54, 1.807) is 0 Å². The first-order valence-corrected chi connectivity index (χ1v) is 45.4. The Balaban J connectivity index is 0.599. The molecule has 8 nitrogen and oxygen atoms in total. The molecule has 20 aromatic carbocycles. The van der Waals surface area contributed by atoms with Gasteiger partial charge in [0.1, 0.15) is 0 Å². The Morgan fingerprint density at radius 2 is 0.321 bits per heavy atom. The molecule has 0 amide bonds. The van der Waals surface area contributed by atoms with Crippen LogP contribution in [0, 0.1) is 0 Å². The SMILES string of the molecule is c1ccc(-c2cc(-c3ccccc3)cc(-c3cccc(-c4nc(-c5ccccc5)nc(-c5cccc(-c6cccc7c6c6cc(-c8ccccc8)ccc6n7-c6cccc(-c7cccc(-n8c9ccc(-c%10ccccc%10)cc9c9c(-c%10cccc(-c%11nc(-c%12ccccc%12)nc(-c%12cccc(-c%13cc(-c%14ccccc%14)cc(-c%14ccccc%14)c%13)c%12)n%11)c%10)cccc98)c7)c6)c5)n4)c3)c2)cc1. The third-order valence-electron chi connectivity index (χ3n) is 25.7. The highest BCUT2D eigenvalue weighted by atomic mass is 15.0. The Morgan fingerprint density at radius 1 is 0.119 bits per heavy atom. The first kappa shape index (κ1) is 79.4. The highest BCUT2D eigenvalue weighted by Gasteiger charge is 2.25. The summed E-state index contributed by atoms with van der Waals surface area (Å²) in [5.41, 5.74) is 36.2. The molecule has 8 heteroatoms. The van der Waals surface area contributed by atoms with Crippen LogP contribution in [0.1, 0.15) is 0 Å². The van der Waals surface area contributed by atoms with E-state index < -0.39 is 0 Å². The summed E-state index contributed by atoms with van der Waals surface area (Å²) in [5, 5.41) is 4.54. The summed E-state index contributed by atoms with van der Waals surface area (Å²) in [6, 6.07) is 178. The smallest absolute Gasteiger partial charge is 0.164 e. The van der Waals surface area contributed by atoms with E-state index in [2.05, 4.69) is 470 Å². The van der Waals surface area contributed by atoms with Gasteiger partial charge in [-0.25, -0.2) is 29.9 Å². The second-order valence-electron chi connectivity index (χ2n) is 34.1. The topological polar surface area (TPSA) is 87.2 Å². The van der Waals surface area contributed by atoms with Crippen LogP contribution in [0.3, 0.4) is 0 Å². The first-order valence-electron chi connectivity index (χ1n) is 45.4. The molecule has 24 rings (SSSR count). The summed E-state index contributed by atoms with van der Waals surface area (Å²) in [6.45, 7) is 0. The van der Waals surface area contributed by atoms with Gasteiger partial charge in [-0.05, 0) is 244 Å². The third kappa shape index (κ3) is 15.4. The Hall–Kier alpha value is -18.0. The van der Waals surface area contributed by atoms with E-state index in [4.69, 9.17) is 29.9 Å². The Morgan fingerprint density at radius 3 is 0.619 bits per heavy atom. The normalized spacial score (nSPS) is 11.4. The molecule has 4 aromatic heterocycles. The van der Waals surface area contributed by atoms with Crippen LogP contribution in [0.5, 0.6) is 0 Å². The van der Waals surface area contributed by atoms with Gasteiger partial charge in [-0.3, -0.25) is 0 Å². The molecule has 0 radical (unpaired) electrons. The molecule has 0 saturated heterocycles. The average Bonchev–Trinajstić information content (AvgIpc) is 1.57. The maximum atomic E-state index is 5.42. The molecule has 0 aliphatic heterocycles. The molecule has 0 spiro atoms. The highest BCUT2D eigenvalue weighted by Crippen LogP contribution is 2.47. The lowest BCUT2D eigenvalue weighted by Crippen LogP contribution is -2.00. The molecule has 0 bridgehead atoms. The third-order valence-corrected chi connectivity index (χ3v) is 25.7. The van der Waals surface area contributed by atoms with Crippen LogP contribution < -0.4 is 0 Å². The fraction of sp³-hybridized carbons (Fsp3) is 0. The minimum Gasteiger partial charge on any atom is -0.309 e. The Bertz CT molecular complexity index is 7960. The van der Waals surface area contributed by atoms with Gasteiger partial charge in [0.05, 0.1) is 22.1 Å². The fourth-order valence-electron chi connectivity index (χ4n) is 19.3. The predicted molar refractivity (Wildman–Crippen MR) is 554 cm³/mol. The van der Waals surface area contributed by atoms with Crippen molar-refractivity contribution in [1.82, 2.24) is 39.0 Å². The number of aromatic nitrogens is 8. The van der Waals surface area contributed by atoms with Gasteiger partial charge < -0.3 is 9.13 Å². The van der Waals surface area contributed by atoms with Gasteiger partial charge in [-0.15, -0.1) is 0 Å². The molecule has 24 aromatic rings. The Kier molecular flexibility index (Phi) is 20.5. The van der Waals surface area contributed by atoms with E-state index in [-0.39, 0.29) is 0 Å². The maximum absolute atomic E-state index is 5.42. The summed E-state index contributed by atoms with van der Waals surface area (Å²) < 4.78 is 4.89. The summed E-state index contributed by atoms with van der Waals surface area (Å²) in [7, 11) is 0. The van der Waals surface area contributed by atoms with Crippen molar-refractivity contribution in [1.29, 1.82) is 0 Å². The van der Waals surface area contributed by atoms with Crippen LogP contribution in [0.25, 0.3) is 246 Å². The minimum atomic E-state index is 0.576. The molecule has 0 fully saturated rings. The van der Waals surface area contributed by atoms with Crippen LogP contribution in [0.4, 0.5) is 0 Å². The van der Waals surface area contributed by atoms with Gasteiger partial charge in [-0.1, -0.05) is 376 Å². The minimum absolute atomic E-state index is 0.576. The molecule has 134 heavy (non-hydrogen) atoms. The maximum Gasteiger partial charge on any atom is 0.164 e. The summed E-state index contributed by atoms with van der Waals surface area (Å²) in [4.78, 5) is 32.1. The van der Waals surface area contributed by atoms with E-state index in [1.807, 2.05) is 36.4 Å². The van der Waals surface area contributed by atoms with Crippen molar-refractivity contribution in [2.45, 2.75) is 0 Å². The zero-order chi connectivity index (χ0) is 88.8. The largest absolute Gasteiger partial charge is 0.309 e. The van der Waals surface area contributed by atoms with Crippen molar-refractivity contribution in [3.05, 3.63) is 497 Å². The lowest BCUT2D eigenvalue weighted by molar-refractivity contribution is 1.07. The average molecular weight is 1710 g/mol. The molecule has 0 N–H and O–H groups in total. The predicted octanol–water partition coefficient (Wildman–Crippen LogP) is 32.6. The monoisotopic (exact) mass is 1710 g/mol. The van der Waals surface area contributed by atoms with Gasteiger partial charge in [-0.2, -0.15) is 0 Å². The highest BCUT2D eigenvalue weighted by molar-refractivity contribution is 6.18. The van der Waals surface area contributed by atoms with E-state index >= 15 is 0 Å². The number of benzene rings is 20. The lowest BCUT2D eigenvalue weighted by Gasteiger charge is -2.14. The zero-order valence-electron chi connectivity index (χ0n) is 72.9. The Labute approximate surface area is 776 Å². The molecule has 0 aliphatic carbocycles. The standard InChI is InChI=1S/C126H82N8/c1-9-33-83(34-10-1)95-65-67-115-113(81-95)119-111(97-53-27-57-101(71-97)125-129-121(89-45-21-7-22-46-89)127-123(131-125)99-55-25-49-91(69-99)107-75-103(85-37-13-3-14-38-85)73-104(76-107)86-39-15-4-16-40-86)61-31-63-117(119)133(115)109-59-29-51-93(79-109)94-52-30-60-110(80-94)134-116-68-66-96(84-35-11-2-12-36-84)82-114(116)120-112(62-32-64-118(120)134)98-54-28-58-102(72-98)126-130-122(90-47-23-8-24-48-90)128-124(132-126)100-56-26-50-92(70-100)108-77-105(87-41-17-5-18-42-87)74-106(78-108)88-43-19-6-20-44-88/h1-82H. The molecule has 4 heterocycles. The van der Waals surface area contributed by atoms with Crippen molar-refractivity contribution < 1.29 is 0 Å². The van der Waals surface area contributed by atoms with E-state index in [0.29, 0.717) is 34.9 Å². The fourth-order valence-corrected chi connectivity index (χ4v) is 19.3. The van der Waals surface area contributed by atoms with Crippen LogP contribution in [0.15, 0.2) is 497 Å².